The number of amides is 1. The summed E-state index contributed by atoms with van der Waals surface area (Å²) in [7, 11) is 0. The number of nitrogens with one attached hydrogen (secondary N) is 1. The zero-order valence-electron chi connectivity index (χ0n) is 10.6. The Kier molecular flexibility index (Phi) is 3.48. The molecule has 1 aromatic carbocycles. The molecule has 18 heavy (non-hydrogen) atoms. The summed E-state index contributed by atoms with van der Waals surface area (Å²) in [5.41, 5.74) is 2.35. The number of aliphatic hydroxyl groups excluding tert-OH is 1. The minimum absolute atomic E-state index is 0.00838. The molecule has 1 aliphatic rings. The summed E-state index contributed by atoms with van der Waals surface area (Å²) in [6, 6.07) is 5.24. The lowest BCUT2D eigenvalue weighted by Gasteiger charge is -2.19. The van der Waals surface area contributed by atoms with E-state index < -0.39 is 6.10 Å². The number of rotatable bonds is 3. The molecule has 0 fully saturated rings. The summed E-state index contributed by atoms with van der Waals surface area (Å²) in [6.07, 6.45) is 0.0235. The summed E-state index contributed by atoms with van der Waals surface area (Å²) in [5, 5.41) is 12.7. The molecule has 0 bridgehead atoms. The van der Waals surface area contributed by atoms with E-state index in [-0.39, 0.29) is 17.6 Å². The van der Waals surface area contributed by atoms with E-state index >= 15 is 0 Å². The van der Waals surface area contributed by atoms with E-state index in [1.54, 1.807) is 32.0 Å². The van der Waals surface area contributed by atoms with Crippen LogP contribution in [0.5, 0.6) is 0 Å². The predicted octanol–water partition coefficient (Wildman–Crippen LogP) is 1.83. The fourth-order valence-electron chi connectivity index (χ4n) is 2.05. The van der Waals surface area contributed by atoms with Crippen molar-refractivity contribution in [2.24, 2.45) is 5.92 Å². The standard InChI is InChI=1S/C14H17NO3/c1-8(2)13(17)14(18)10-3-5-11-9(7-10)4-6-12(16)15-11/h3,5,7-8,14,18H,4,6H2,1-2H3,(H,15,16). The number of aliphatic hydroxyl groups is 1. The SMILES string of the molecule is CC(C)C(=O)C(O)c1ccc2c(c1)CCC(=O)N2. The number of carbonyl (C=O) groups is 2. The molecule has 1 aromatic rings. The van der Waals surface area contributed by atoms with Crippen LogP contribution in [0.2, 0.25) is 0 Å². The Morgan fingerprint density at radius 3 is 2.72 bits per heavy atom. The second-order valence-electron chi connectivity index (χ2n) is 4.92. The molecular formula is C14H17NO3. The first-order chi connectivity index (χ1) is 8.49. The van der Waals surface area contributed by atoms with Crippen LogP contribution in [0.25, 0.3) is 0 Å². The van der Waals surface area contributed by atoms with Gasteiger partial charge in [0, 0.05) is 18.0 Å². The number of Topliss-reactive ketones (excluding diaryl/α,β-unsaturated/α-hetero) is 1. The van der Waals surface area contributed by atoms with E-state index in [1.807, 2.05) is 0 Å². The van der Waals surface area contributed by atoms with Crippen LogP contribution in [0.1, 0.15) is 37.5 Å². The van der Waals surface area contributed by atoms with Gasteiger partial charge in [0.2, 0.25) is 5.91 Å². The normalized spacial score (nSPS) is 16.1. The average Bonchev–Trinajstić information content (AvgIpc) is 2.36. The number of anilines is 1. The predicted molar refractivity (Wildman–Crippen MR) is 68.2 cm³/mol. The van der Waals surface area contributed by atoms with E-state index in [0.29, 0.717) is 18.4 Å². The molecule has 1 heterocycles. The van der Waals surface area contributed by atoms with Gasteiger partial charge in [-0.25, -0.2) is 0 Å². The van der Waals surface area contributed by atoms with Gasteiger partial charge in [-0.15, -0.1) is 0 Å². The molecule has 0 saturated carbocycles. The highest BCUT2D eigenvalue weighted by molar-refractivity contribution is 5.94. The summed E-state index contributed by atoms with van der Waals surface area (Å²) in [5.74, 6) is -0.375. The van der Waals surface area contributed by atoms with Crippen LogP contribution in [0, 0.1) is 5.92 Å². The van der Waals surface area contributed by atoms with Crippen molar-refractivity contribution in [2.45, 2.75) is 32.8 Å². The number of fused-ring (bicyclic) bond motifs is 1. The Balaban J connectivity index is 2.26. The van der Waals surface area contributed by atoms with Gasteiger partial charge in [0.05, 0.1) is 0 Å². The zero-order valence-corrected chi connectivity index (χ0v) is 10.6. The molecule has 1 aliphatic heterocycles. The van der Waals surface area contributed by atoms with Crippen molar-refractivity contribution in [3.05, 3.63) is 29.3 Å². The van der Waals surface area contributed by atoms with Gasteiger partial charge in [0.15, 0.2) is 5.78 Å². The van der Waals surface area contributed by atoms with Gasteiger partial charge in [-0.05, 0) is 23.6 Å². The van der Waals surface area contributed by atoms with Gasteiger partial charge in [-0.3, -0.25) is 9.59 Å². The molecule has 4 nitrogen and oxygen atoms in total. The van der Waals surface area contributed by atoms with Gasteiger partial charge in [0.25, 0.3) is 0 Å². The molecule has 1 atom stereocenters. The third-order valence-corrected chi connectivity index (χ3v) is 3.18. The number of aryl methyl sites for hydroxylation is 1. The van der Waals surface area contributed by atoms with Crippen molar-refractivity contribution in [3.8, 4) is 0 Å². The highest BCUT2D eigenvalue weighted by Crippen LogP contribution is 2.27. The molecule has 96 valence electrons. The van der Waals surface area contributed by atoms with E-state index in [4.69, 9.17) is 0 Å². The Labute approximate surface area is 106 Å². The fourth-order valence-corrected chi connectivity index (χ4v) is 2.05. The second kappa shape index (κ2) is 4.90. The van der Waals surface area contributed by atoms with E-state index in [9.17, 15) is 14.7 Å². The first kappa shape index (κ1) is 12.8. The van der Waals surface area contributed by atoms with E-state index in [2.05, 4.69) is 5.32 Å². The zero-order chi connectivity index (χ0) is 13.3. The van der Waals surface area contributed by atoms with Gasteiger partial charge >= 0.3 is 0 Å². The van der Waals surface area contributed by atoms with Gasteiger partial charge < -0.3 is 10.4 Å². The monoisotopic (exact) mass is 247 g/mol. The largest absolute Gasteiger partial charge is 0.381 e. The molecular weight excluding hydrogens is 230 g/mol. The Morgan fingerprint density at radius 2 is 2.06 bits per heavy atom. The quantitative estimate of drug-likeness (QED) is 0.856. The minimum atomic E-state index is -1.08. The van der Waals surface area contributed by atoms with E-state index in [0.717, 1.165) is 11.3 Å². The summed E-state index contributed by atoms with van der Waals surface area (Å²) < 4.78 is 0. The Bertz CT molecular complexity index is 494. The third-order valence-electron chi connectivity index (χ3n) is 3.18. The maximum absolute atomic E-state index is 11.7. The Hall–Kier alpha value is -1.68. The number of hydrogen-bond donors (Lipinski definition) is 2. The number of ketones is 1. The maximum Gasteiger partial charge on any atom is 0.224 e. The molecule has 0 spiro atoms. The Morgan fingerprint density at radius 1 is 1.33 bits per heavy atom. The van der Waals surface area contributed by atoms with Crippen LogP contribution < -0.4 is 5.32 Å². The van der Waals surface area contributed by atoms with Crippen molar-refractivity contribution < 1.29 is 14.7 Å². The number of benzene rings is 1. The van der Waals surface area contributed by atoms with Gasteiger partial charge in [-0.2, -0.15) is 0 Å². The van der Waals surface area contributed by atoms with Crippen LogP contribution in [0.4, 0.5) is 5.69 Å². The van der Waals surface area contributed by atoms with Gasteiger partial charge in [-0.1, -0.05) is 26.0 Å². The molecule has 2 N–H and O–H groups in total. The lowest BCUT2D eigenvalue weighted by atomic mass is 9.94. The average molecular weight is 247 g/mol. The summed E-state index contributed by atoms with van der Waals surface area (Å²) in [4.78, 5) is 23.0. The highest BCUT2D eigenvalue weighted by atomic mass is 16.3. The highest BCUT2D eigenvalue weighted by Gasteiger charge is 2.22. The molecule has 4 heteroatoms. The number of hydrogen-bond acceptors (Lipinski definition) is 3. The smallest absolute Gasteiger partial charge is 0.224 e. The van der Waals surface area contributed by atoms with Crippen LogP contribution in [0.3, 0.4) is 0 Å². The minimum Gasteiger partial charge on any atom is -0.381 e. The van der Waals surface area contributed by atoms with Crippen LogP contribution in [-0.4, -0.2) is 16.8 Å². The summed E-state index contributed by atoms with van der Waals surface area (Å²) >= 11 is 0. The lowest BCUT2D eigenvalue weighted by molar-refractivity contribution is -0.130. The van der Waals surface area contributed by atoms with Crippen molar-refractivity contribution in [1.29, 1.82) is 0 Å². The molecule has 0 saturated heterocycles. The molecule has 0 aromatic heterocycles. The van der Waals surface area contributed by atoms with Crippen LogP contribution >= 0.6 is 0 Å². The first-order valence-electron chi connectivity index (χ1n) is 6.13. The number of carbonyl (C=O) groups excluding carboxylic acids is 2. The molecule has 2 rings (SSSR count). The summed E-state index contributed by atoms with van der Waals surface area (Å²) in [6.45, 7) is 3.54. The lowest BCUT2D eigenvalue weighted by Crippen LogP contribution is -2.21. The fraction of sp³-hybridized carbons (Fsp3) is 0.429. The molecule has 0 radical (unpaired) electrons. The molecule has 0 aliphatic carbocycles. The van der Waals surface area contributed by atoms with Gasteiger partial charge in [0.1, 0.15) is 6.10 Å². The van der Waals surface area contributed by atoms with Crippen LogP contribution in [-0.2, 0) is 16.0 Å². The molecule has 1 amide bonds. The maximum atomic E-state index is 11.7. The third kappa shape index (κ3) is 2.43. The molecule has 1 unspecified atom stereocenters. The van der Waals surface area contributed by atoms with Crippen molar-refractivity contribution in [3.63, 3.8) is 0 Å². The van der Waals surface area contributed by atoms with E-state index in [1.165, 1.54) is 0 Å². The second-order valence-corrected chi connectivity index (χ2v) is 4.92. The van der Waals surface area contributed by atoms with Crippen molar-refractivity contribution in [1.82, 2.24) is 0 Å². The van der Waals surface area contributed by atoms with Crippen molar-refractivity contribution in [2.75, 3.05) is 5.32 Å². The van der Waals surface area contributed by atoms with Crippen molar-refractivity contribution >= 4 is 17.4 Å². The first-order valence-corrected chi connectivity index (χ1v) is 6.13. The van der Waals surface area contributed by atoms with Crippen LogP contribution in [0.15, 0.2) is 18.2 Å². The topological polar surface area (TPSA) is 66.4 Å².